The number of carbonyl (C=O) groups excluding carboxylic acids is 1. The van der Waals surface area contributed by atoms with Crippen LogP contribution in [0, 0.1) is 19.8 Å². The van der Waals surface area contributed by atoms with Crippen LogP contribution in [0.5, 0.6) is 0 Å². The smallest absolute Gasteiger partial charge is 0.230 e. The molecular weight excluding hydrogens is 192 g/mol. The van der Waals surface area contributed by atoms with Gasteiger partial charge in [0.05, 0.1) is 0 Å². The molecule has 0 bridgehead atoms. The van der Waals surface area contributed by atoms with E-state index in [9.17, 15) is 4.79 Å². The number of amides is 1. The highest BCUT2D eigenvalue weighted by molar-refractivity contribution is 5.90. The van der Waals surface area contributed by atoms with Gasteiger partial charge < -0.3 is 5.73 Å². The van der Waals surface area contributed by atoms with Crippen LogP contribution < -0.4 is 11.1 Å². The van der Waals surface area contributed by atoms with Crippen molar-refractivity contribution >= 4 is 11.9 Å². The van der Waals surface area contributed by atoms with Gasteiger partial charge in [0, 0.05) is 23.9 Å². The summed E-state index contributed by atoms with van der Waals surface area (Å²) >= 11 is 0. The van der Waals surface area contributed by atoms with Gasteiger partial charge in [-0.05, 0) is 19.9 Å². The minimum Gasteiger partial charge on any atom is -0.330 e. The molecule has 0 aliphatic rings. The van der Waals surface area contributed by atoms with Gasteiger partial charge in [0.15, 0.2) is 0 Å². The molecule has 1 amide bonds. The summed E-state index contributed by atoms with van der Waals surface area (Å²) in [7, 11) is 0. The number of aryl methyl sites for hydroxylation is 2. The number of nitrogens with zero attached hydrogens (tertiary/aromatic N) is 2. The molecule has 1 aromatic heterocycles. The van der Waals surface area contributed by atoms with Gasteiger partial charge in [0.2, 0.25) is 11.9 Å². The van der Waals surface area contributed by atoms with E-state index in [1.165, 1.54) is 0 Å². The first-order valence-electron chi connectivity index (χ1n) is 4.86. The summed E-state index contributed by atoms with van der Waals surface area (Å²) in [6, 6.07) is 1.85. The van der Waals surface area contributed by atoms with Crippen LogP contribution in [0.2, 0.25) is 0 Å². The average molecular weight is 208 g/mol. The molecule has 0 aliphatic heterocycles. The second kappa shape index (κ2) is 4.84. The van der Waals surface area contributed by atoms with Crippen molar-refractivity contribution in [3.8, 4) is 0 Å². The topological polar surface area (TPSA) is 80.9 Å². The highest BCUT2D eigenvalue weighted by Gasteiger charge is 2.12. The Morgan fingerprint density at radius 3 is 2.47 bits per heavy atom. The SMILES string of the molecule is Cc1cc(C)nc(NC(=O)C(C)CN)n1. The number of hydrogen-bond acceptors (Lipinski definition) is 4. The fraction of sp³-hybridized carbons (Fsp3) is 0.500. The zero-order valence-corrected chi connectivity index (χ0v) is 9.24. The summed E-state index contributed by atoms with van der Waals surface area (Å²) < 4.78 is 0. The second-order valence-electron chi connectivity index (χ2n) is 3.60. The maximum Gasteiger partial charge on any atom is 0.230 e. The molecule has 1 atom stereocenters. The maximum absolute atomic E-state index is 11.5. The van der Waals surface area contributed by atoms with E-state index in [-0.39, 0.29) is 11.8 Å². The van der Waals surface area contributed by atoms with Crippen molar-refractivity contribution in [2.75, 3.05) is 11.9 Å². The predicted octanol–water partition coefficient (Wildman–Crippen LogP) is 0.627. The minimum absolute atomic E-state index is 0.150. The summed E-state index contributed by atoms with van der Waals surface area (Å²) in [4.78, 5) is 19.7. The van der Waals surface area contributed by atoms with Gasteiger partial charge in [-0.15, -0.1) is 0 Å². The lowest BCUT2D eigenvalue weighted by Crippen LogP contribution is -2.27. The van der Waals surface area contributed by atoms with Crippen LogP contribution in [-0.4, -0.2) is 22.4 Å². The zero-order chi connectivity index (χ0) is 11.4. The van der Waals surface area contributed by atoms with Gasteiger partial charge in [0.1, 0.15) is 0 Å². The largest absolute Gasteiger partial charge is 0.330 e. The molecule has 5 nitrogen and oxygen atoms in total. The van der Waals surface area contributed by atoms with E-state index >= 15 is 0 Å². The van der Waals surface area contributed by atoms with E-state index in [2.05, 4.69) is 15.3 Å². The normalized spacial score (nSPS) is 12.3. The third-order valence-electron chi connectivity index (χ3n) is 2.02. The van der Waals surface area contributed by atoms with Crippen molar-refractivity contribution in [1.82, 2.24) is 9.97 Å². The first kappa shape index (κ1) is 11.6. The fourth-order valence-electron chi connectivity index (χ4n) is 1.12. The molecule has 3 N–H and O–H groups in total. The zero-order valence-electron chi connectivity index (χ0n) is 9.24. The molecule has 0 saturated heterocycles. The molecule has 0 fully saturated rings. The number of nitrogens with two attached hydrogens (primary N) is 1. The number of nitrogens with one attached hydrogen (secondary N) is 1. The summed E-state index contributed by atoms with van der Waals surface area (Å²) in [5, 5.41) is 2.63. The van der Waals surface area contributed by atoms with Crippen molar-refractivity contribution in [3.63, 3.8) is 0 Å². The lowest BCUT2D eigenvalue weighted by atomic mass is 10.2. The molecule has 0 saturated carbocycles. The number of rotatable bonds is 3. The van der Waals surface area contributed by atoms with Gasteiger partial charge in [-0.25, -0.2) is 9.97 Å². The molecule has 1 unspecified atom stereocenters. The third-order valence-corrected chi connectivity index (χ3v) is 2.02. The molecule has 82 valence electrons. The predicted molar refractivity (Wildman–Crippen MR) is 58.4 cm³/mol. The van der Waals surface area contributed by atoms with Crippen molar-refractivity contribution in [3.05, 3.63) is 17.5 Å². The van der Waals surface area contributed by atoms with Gasteiger partial charge >= 0.3 is 0 Å². The lowest BCUT2D eigenvalue weighted by Gasteiger charge is -2.09. The number of carbonyl (C=O) groups is 1. The number of anilines is 1. The van der Waals surface area contributed by atoms with Crippen molar-refractivity contribution in [2.45, 2.75) is 20.8 Å². The fourth-order valence-corrected chi connectivity index (χ4v) is 1.12. The van der Waals surface area contributed by atoms with Gasteiger partial charge in [-0.2, -0.15) is 0 Å². The Morgan fingerprint density at radius 2 is 2.00 bits per heavy atom. The first-order chi connectivity index (χ1) is 7.02. The van der Waals surface area contributed by atoms with Crippen molar-refractivity contribution in [2.24, 2.45) is 11.7 Å². The van der Waals surface area contributed by atoms with E-state index < -0.39 is 0 Å². The molecule has 0 aliphatic carbocycles. The Morgan fingerprint density at radius 1 is 1.47 bits per heavy atom. The highest BCUT2D eigenvalue weighted by Crippen LogP contribution is 2.05. The van der Waals surface area contributed by atoms with E-state index in [1.54, 1.807) is 6.92 Å². The second-order valence-corrected chi connectivity index (χ2v) is 3.60. The van der Waals surface area contributed by atoms with Crippen molar-refractivity contribution in [1.29, 1.82) is 0 Å². The van der Waals surface area contributed by atoms with Crippen LogP contribution >= 0.6 is 0 Å². The summed E-state index contributed by atoms with van der Waals surface area (Å²) in [5.74, 6) is -0.0327. The van der Waals surface area contributed by atoms with E-state index in [0.29, 0.717) is 12.5 Å². The molecule has 15 heavy (non-hydrogen) atoms. The van der Waals surface area contributed by atoms with Crippen LogP contribution in [-0.2, 0) is 4.79 Å². The molecule has 0 aromatic carbocycles. The number of hydrogen-bond donors (Lipinski definition) is 2. The van der Waals surface area contributed by atoms with E-state index in [1.807, 2.05) is 19.9 Å². The molecule has 0 spiro atoms. The quantitative estimate of drug-likeness (QED) is 0.763. The summed E-state index contributed by atoms with van der Waals surface area (Å²) in [6.07, 6.45) is 0. The van der Waals surface area contributed by atoms with E-state index in [4.69, 9.17) is 5.73 Å². The van der Waals surface area contributed by atoms with Gasteiger partial charge in [0.25, 0.3) is 0 Å². The molecule has 1 rings (SSSR count). The summed E-state index contributed by atoms with van der Waals surface area (Å²) in [5.41, 5.74) is 7.05. The van der Waals surface area contributed by atoms with Crippen LogP contribution in [0.4, 0.5) is 5.95 Å². The van der Waals surface area contributed by atoms with Gasteiger partial charge in [-0.1, -0.05) is 6.92 Å². The first-order valence-corrected chi connectivity index (χ1v) is 4.86. The Balaban J connectivity index is 2.76. The van der Waals surface area contributed by atoms with E-state index in [0.717, 1.165) is 11.4 Å². The Bertz CT molecular complexity index is 344. The third kappa shape index (κ3) is 3.28. The Hall–Kier alpha value is -1.49. The standard InChI is InChI=1S/C10H16N4O/c1-6(5-11)9(15)14-10-12-7(2)4-8(3)13-10/h4,6H,5,11H2,1-3H3,(H,12,13,14,15). The average Bonchev–Trinajstić information content (AvgIpc) is 2.14. The van der Waals surface area contributed by atoms with Crippen molar-refractivity contribution < 1.29 is 4.79 Å². The molecule has 0 radical (unpaired) electrons. The monoisotopic (exact) mass is 208 g/mol. The Labute approximate surface area is 89.1 Å². The lowest BCUT2D eigenvalue weighted by molar-refractivity contribution is -0.119. The van der Waals surface area contributed by atoms with Crippen LogP contribution in [0.3, 0.4) is 0 Å². The maximum atomic E-state index is 11.5. The summed E-state index contributed by atoms with van der Waals surface area (Å²) in [6.45, 7) is 5.79. The van der Waals surface area contributed by atoms with Crippen LogP contribution in [0.1, 0.15) is 18.3 Å². The minimum atomic E-state index is -0.227. The van der Waals surface area contributed by atoms with Gasteiger partial charge in [-0.3, -0.25) is 10.1 Å². The molecule has 1 aromatic rings. The van der Waals surface area contributed by atoms with Crippen LogP contribution in [0.25, 0.3) is 0 Å². The van der Waals surface area contributed by atoms with Crippen LogP contribution in [0.15, 0.2) is 6.07 Å². The highest BCUT2D eigenvalue weighted by atomic mass is 16.2. The molecule has 5 heteroatoms. The number of aromatic nitrogens is 2. The molecular formula is C10H16N4O. The molecule has 1 heterocycles. The Kier molecular flexibility index (Phi) is 3.74.